The van der Waals surface area contributed by atoms with Gasteiger partial charge in [-0.05, 0) is 74.0 Å². The summed E-state index contributed by atoms with van der Waals surface area (Å²) in [6.45, 7) is 4.37. The van der Waals surface area contributed by atoms with Crippen molar-refractivity contribution in [3.63, 3.8) is 0 Å². The van der Waals surface area contributed by atoms with Crippen molar-refractivity contribution in [1.82, 2.24) is 15.6 Å². The van der Waals surface area contributed by atoms with E-state index < -0.39 is 0 Å². The first kappa shape index (κ1) is 19.2. The molecule has 0 aliphatic carbocycles. The van der Waals surface area contributed by atoms with Gasteiger partial charge in [0.25, 0.3) is 5.91 Å². The number of hydrogen-bond donors (Lipinski definition) is 2. The van der Waals surface area contributed by atoms with Crippen molar-refractivity contribution < 1.29 is 14.3 Å². The Morgan fingerprint density at radius 1 is 1.11 bits per heavy atom. The van der Waals surface area contributed by atoms with Gasteiger partial charge in [-0.25, -0.2) is 5.43 Å². The van der Waals surface area contributed by atoms with Crippen LogP contribution in [0.5, 0.6) is 11.5 Å². The quantitative estimate of drug-likeness (QED) is 0.485. The van der Waals surface area contributed by atoms with Crippen LogP contribution in [0.4, 0.5) is 0 Å². The van der Waals surface area contributed by atoms with Crippen molar-refractivity contribution in [3.05, 3.63) is 65.9 Å². The van der Waals surface area contributed by atoms with Gasteiger partial charge in [0.15, 0.2) is 0 Å². The minimum absolute atomic E-state index is 0.329. The maximum atomic E-state index is 12.3. The molecule has 0 unspecified atom stereocenters. The maximum absolute atomic E-state index is 12.3. The highest BCUT2D eigenvalue weighted by Crippen LogP contribution is 2.21. The van der Waals surface area contributed by atoms with E-state index >= 15 is 0 Å². The predicted molar refractivity (Wildman–Crippen MR) is 108 cm³/mol. The number of ether oxygens (including phenoxy) is 2. The van der Waals surface area contributed by atoms with E-state index in [1.54, 1.807) is 13.2 Å². The van der Waals surface area contributed by atoms with Gasteiger partial charge >= 0.3 is 0 Å². The molecule has 28 heavy (non-hydrogen) atoms. The molecule has 3 rings (SSSR count). The van der Waals surface area contributed by atoms with Crippen LogP contribution in [0.25, 0.3) is 11.3 Å². The minimum atomic E-state index is -0.363. The molecule has 1 aromatic heterocycles. The van der Waals surface area contributed by atoms with Gasteiger partial charge < -0.3 is 9.47 Å². The van der Waals surface area contributed by atoms with E-state index in [9.17, 15) is 4.79 Å². The smallest absolute Gasteiger partial charge is 0.289 e. The molecule has 2 aromatic carbocycles. The summed E-state index contributed by atoms with van der Waals surface area (Å²) in [4.78, 5) is 12.3. The molecule has 0 spiro atoms. The molecule has 144 valence electrons. The Morgan fingerprint density at radius 2 is 1.79 bits per heavy atom. The lowest BCUT2D eigenvalue weighted by atomic mass is 10.1. The average molecular weight is 378 g/mol. The van der Waals surface area contributed by atoms with E-state index in [1.165, 1.54) is 0 Å². The Hall–Kier alpha value is -3.61. The highest BCUT2D eigenvalue weighted by molar-refractivity contribution is 6.00. The molecule has 0 bridgehead atoms. The van der Waals surface area contributed by atoms with Crippen molar-refractivity contribution in [2.75, 3.05) is 13.7 Å². The molecule has 1 amide bonds. The Morgan fingerprint density at radius 3 is 2.43 bits per heavy atom. The van der Waals surface area contributed by atoms with Crippen LogP contribution in [-0.4, -0.2) is 35.5 Å². The molecule has 0 atom stereocenters. The van der Waals surface area contributed by atoms with E-state index in [2.05, 4.69) is 20.7 Å². The molecule has 0 saturated carbocycles. The molecule has 0 radical (unpaired) electrons. The molecule has 7 heteroatoms. The summed E-state index contributed by atoms with van der Waals surface area (Å²) >= 11 is 0. The number of methoxy groups -OCH3 is 1. The van der Waals surface area contributed by atoms with Crippen LogP contribution in [0, 0.1) is 0 Å². The summed E-state index contributed by atoms with van der Waals surface area (Å²) in [5.74, 6) is 1.19. The molecule has 0 fully saturated rings. The number of benzene rings is 2. The van der Waals surface area contributed by atoms with Gasteiger partial charge in [0.05, 0.1) is 25.1 Å². The van der Waals surface area contributed by atoms with Gasteiger partial charge in [-0.1, -0.05) is 0 Å². The van der Waals surface area contributed by atoms with Gasteiger partial charge in [-0.2, -0.15) is 10.2 Å². The fraction of sp³-hybridized carbons (Fsp3) is 0.190. The molecule has 3 aromatic rings. The van der Waals surface area contributed by atoms with Gasteiger partial charge in [0.1, 0.15) is 17.2 Å². The molecule has 2 N–H and O–H groups in total. The predicted octanol–water partition coefficient (Wildman–Crippen LogP) is 3.64. The molecule has 1 heterocycles. The zero-order chi connectivity index (χ0) is 19.9. The van der Waals surface area contributed by atoms with Crippen LogP contribution < -0.4 is 14.9 Å². The summed E-state index contributed by atoms with van der Waals surface area (Å²) in [7, 11) is 1.61. The van der Waals surface area contributed by atoms with Crippen LogP contribution in [-0.2, 0) is 0 Å². The highest BCUT2D eigenvalue weighted by atomic mass is 16.5. The second-order valence-electron chi connectivity index (χ2n) is 5.99. The number of hydrazone groups is 1. The number of amides is 1. The van der Waals surface area contributed by atoms with Crippen molar-refractivity contribution in [2.45, 2.75) is 13.8 Å². The number of nitrogens with one attached hydrogen (secondary N) is 2. The Bertz CT molecular complexity index is 960. The summed E-state index contributed by atoms with van der Waals surface area (Å²) in [5.41, 5.74) is 6.00. The maximum Gasteiger partial charge on any atom is 0.289 e. The third kappa shape index (κ3) is 4.56. The van der Waals surface area contributed by atoms with E-state index in [0.29, 0.717) is 23.7 Å². The lowest BCUT2D eigenvalue weighted by Crippen LogP contribution is -2.19. The number of nitrogens with zero attached hydrogens (tertiary/aromatic N) is 2. The standard InChI is InChI=1S/C21H22N4O3/c1-4-28-18-11-7-16(8-12-18)19-13-20(24-23-19)21(26)25-22-14(2)15-5-9-17(27-3)10-6-15/h5-13H,4H2,1-3H3,(H,23,24)(H,25,26)/b22-14-. The monoisotopic (exact) mass is 378 g/mol. The van der Waals surface area contributed by atoms with E-state index in [0.717, 1.165) is 22.6 Å². The van der Waals surface area contributed by atoms with Crippen molar-refractivity contribution >= 4 is 11.6 Å². The SMILES string of the molecule is CCOc1ccc(-c2cc(C(=O)N/N=C(/C)c3ccc(OC)cc3)[nH]n2)cc1. The molecule has 7 nitrogen and oxygen atoms in total. The first-order valence-electron chi connectivity index (χ1n) is 8.88. The van der Waals surface area contributed by atoms with Gasteiger partial charge in [-0.3, -0.25) is 9.89 Å². The van der Waals surface area contributed by atoms with E-state index in [4.69, 9.17) is 9.47 Å². The molecular weight excluding hydrogens is 356 g/mol. The highest BCUT2D eigenvalue weighted by Gasteiger charge is 2.11. The Labute approximate surface area is 163 Å². The number of carbonyl (C=O) groups excluding carboxylic acids is 1. The first-order chi connectivity index (χ1) is 13.6. The average Bonchev–Trinajstić information content (AvgIpc) is 3.23. The number of rotatable bonds is 7. The number of aromatic amines is 1. The van der Waals surface area contributed by atoms with Crippen molar-refractivity contribution in [3.8, 4) is 22.8 Å². The number of carbonyl (C=O) groups is 1. The zero-order valence-electron chi connectivity index (χ0n) is 16.0. The van der Waals surface area contributed by atoms with Crippen LogP contribution in [0.2, 0.25) is 0 Å². The van der Waals surface area contributed by atoms with E-state index in [-0.39, 0.29) is 5.91 Å². The largest absolute Gasteiger partial charge is 0.497 e. The van der Waals surface area contributed by atoms with Crippen LogP contribution in [0.1, 0.15) is 29.9 Å². The number of hydrogen-bond acceptors (Lipinski definition) is 5. The fourth-order valence-electron chi connectivity index (χ4n) is 2.57. The number of aromatic nitrogens is 2. The second-order valence-corrected chi connectivity index (χ2v) is 5.99. The first-order valence-corrected chi connectivity index (χ1v) is 8.88. The van der Waals surface area contributed by atoms with Crippen LogP contribution in [0.15, 0.2) is 59.7 Å². The summed E-state index contributed by atoms with van der Waals surface area (Å²) < 4.78 is 10.6. The Kier molecular flexibility index (Phi) is 6.06. The van der Waals surface area contributed by atoms with E-state index in [1.807, 2.05) is 62.4 Å². The topological polar surface area (TPSA) is 88.6 Å². The number of H-pyrrole nitrogens is 1. The minimum Gasteiger partial charge on any atom is -0.497 e. The lowest BCUT2D eigenvalue weighted by molar-refractivity contribution is 0.0950. The zero-order valence-corrected chi connectivity index (χ0v) is 16.0. The fourth-order valence-corrected chi connectivity index (χ4v) is 2.57. The summed E-state index contributed by atoms with van der Waals surface area (Å²) in [5, 5.41) is 11.1. The van der Waals surface area contributed by atoms with Gasteiger partial charge in [0, 0.05) is 5.56 Å². The molecule has 0 aliphatic rings. The van der Waals surface area contributed by atoms with Gasteiger partial charge in [0.2, 0.25) is 0 Å². The third-order valence-corrected chi connectivity index (χ3v) is 4.12. The third-order valence-electron chi connectivity index (χ3n) is 4.12. The van der Waals surface area contributed by atoms with Crippen LogP contribution >= 0.6 is 0 Å². The normalized spacial score (nSPS) is 11.2. The second kappa shape index (κ2) is 8.85. The van der Waals surface area contributed by atoms with Crippen molar-refractivity contribution in [2.24, 2.45) is 5.10 Å². The molecular formula is C21H22N4O3. The molecule has 0 aliphatic heterocycles. The Balaban J connectivity index is 1.66. The summed E-state index contributed by atoms with van der Waals surface area (Å²) in [6.07, 6.45) is 0. The lowest BCUT2D eigenvalue weighted by Gasteiger charge is -2.03. The van der Waals surface area contributed by atoms with Gasteiger partial charge in [-0.15, -0.1) is 0 Å². The van der Waals surface area contributed by atoms with Crippen molar-refractivity contribution in [1.29, 1.82) is 0 Å². The molecule has 0 saturated heterocycles. The summed E-state index contributed by atoms with van der Waals surface area (Å²) in [6, 6.07) is 16.7. The van der Waals surface area contributed by atoms with Crippen LogP contribution in [0.3, 0.4) is 0 Å².